The molecule has 0 saturated heterocycles. The predicted molar refractivity (Wildman–Crippen MR) is 69.4 cm³/mol. The fourth-order valence-corrected chi connectivity index (χ4v) is 2.11. The number of carbonyl (C=O) groups is 3. The fourth-order valence-electron chi connectivity index (χ4n) is 1.46. The predicted octanol–water partition coefficient (Wildman–Crippen LogP) is 0.237. The second kappa shape index (κ2) is 7.53. The van der Waals surface area contributed by atoms with Crippen molar-refractivity contribution in [1.29, 1.82) is 0 Å². The number of esters is 1. The minimum absolute atomic E-state index is 0.0402. The highest BCUT2D eigenvalue weighted by molar-refractivity contribution is 7.08. The average Bonchev–Trinajstić information content (AvgIpc) is 2.90. The van der Waals surface area contributed by atoms with Gasteiger partial charge in [-0.25, -0.2) is 4.79 Å². The minimum atomic E-state index is -1.21. The van der Waals surface area contributed by atoms with Gasteiger partial charge in [0, 0.05) is 6.42 Å². The van der Waals surface area contributed by atoms with E-state index < -0.39 is 23.9 Å². The molecule has 1 heterocycles. The zero-order valence-corrected chi connectivity index (χ0v) is 11.9. The Morgan fingerprint density at radius 2 is 2.15 bits per heavy atom. The van der Waals surface area contributed by atoms with Gasteiger partial charge in [-0.05, 0) is 24.4 Å². The molecule has 110 valence electrons. The van der Waals surface area contributed by atoms with Gasteiger partial charge in [-0.15, -0.1) is 5.10 Å². The number of aryl methyl sites for hydroxylation is 1. The van der Waals surface area contributed by atoms with Gasteiger partial charge in [0.2, 0.25) is 0 Å². The molecular formula is C11H15N3O5S. The van der Waals surface area contributed by atoms with Crippen LogP contribution in [0.2, 0.25) is 0 Å². The van der Waals surface area contributed by atoms with E-state index >= 15 is 0 Å². The topological polar surface area (TPSA) is 118 Å². The maximum absolute atomic E-state index is 12.0. The van der Waals surface area contributed by atoms with Gasteiger partial charge in [0.15, 0.2) is 0 Å². The number of ether oxygens (including phenoxy) is 1. The highest BCUT2D eigenvalue weighted by Gasteiger charge is 2.24. The summed E-state index contributed by atoms with van der Waals surface area (Å²) in [6.45, 7) is 1.82. The van der Waals surface area contributed by atoms with Crippen molar-refractivity contribution in [3.8, 4) is 0 Å². The molecule has 0 aromatic carbocycles. The van der Waals surface area contributed by atoms with Gasteiger partial charge < -0.3 is 15.2 Å². The summed E-state index contributed by atoms with van der Waals surface area (Å²) < 4.78 is 8.09. The number of carboxylic acids is 1. The lowest BCUT2D eigenvalue weighted by atomic mass is 10.1. The van der Waals surface area contributed by atoms with Crippen LogP contribution in [0.25, 0.3) is 0 Å². The number of hydrogen-bond donors (Lipinski definition) is 2. The molecule has 0 aliphatic heterocycles. The van der Waals surface area contributed by atoms with Crippen LogP contribution in [-0.4, -0.2) is 45.7 Å². The summed E-state index contributed by atoms with van der Waals surface area (Å²) in [5.41, 5.74) is 0.518. The van der Waals surface area contributed by atoms with Crippen LogP contribution in [0.4, 0.5) is 0 Å². The van der Waals surface area contributed by atoms with Crippen LogP contribution in [0.5, 0.6) is 0 Å². The number of hydrogen-bond acceptors (Lipinski definition) is 7. The summed E-state index contributed by atoms with van der Waals surface area (Å²) in [7, 11) is 1.22. The molecule has 1 aromatic heterocycles. The summed E-state index contributed by atoms with van der Waals surface area (Å²) in [5, 5.41) is 15.2. The first-order valence-corrected chi connectivity index (χ1v) is 6.68. The van der Waals surface area contributed by atoms with E-state index in [9.17, 15) is 14.4 Å². The van der Waals surface area contributed by atoms with Crippen molar-refractivity contribution >= 4 is 29.4 Å². The van der Waals surface area contributed by atoms with Gasteiger partial charge in [0.1, 0.15) is 10.9 Å². The van der Waals surface area contributed by atoms with Gasteiger partial charge in [-0.2, -0.15) is 0 Å². The normalized spacial score (nSPS) is 11.7. The van der Waals surface area contributed by atoms with Gasteiger partial charge in [-0.3, -0.25) is 9.59 Å². The van der Waals surface area contributed by atoms with Crippen LogP contribution >= 0.6 is 11.5 Å². The quantitative estimate of drug-likeness (QED) is 0.692. The molecule has 0 aliphatic carbocycles. The Morgan fingerprint density at radius 1 is 1.45 bits per heavy atom. The van der Waals surface area contributed by atoms with Crippen molar-refractivity contribution in [2.45, 2.75) is 32.2 Å². The largest absolute Gasteiger partial charge is 0.480 e. The zero-order chi connectivity index (χ0) is 15.1. The maximum atomic E-state index is 12.0. The second-order valence-corrected chi connectivity index (χ2v) is 4.64. The maximum Gasteiger partial charge on any atom is 0.326 e. The molecule has 20 heavy (non-hydrogen) atoms. The van der Waals surface area contributed by atoms with Crippen LogP contribution in [0.1, 0.15) is 35.1 Å². The van der Waals surface area contributed by atoms with Crippen LogP contribution < -0.4 is 5.32 Å². The number of methoxy groups -OCH3 is 1. The Balaban J connectivity index is 2.68. The summed E-state index contributed by atoms with van der Waals surface area (Å²) in [6.07, 6.45) is 0.399. The molecule has 0 bridgehead atoms. The monoisotopic (exact) mass is 301 g/mol. The SMILES string of the molecule is CCc1nnsc1C(=O)NC(CCC(=O)OC)C(=O)O. The molecule has 8 nitrogen and oxygen atoms in total. The smallest absolute Gasteiger partial charge is 0.326 e. The van der Waals surface area contributed by atoms with Gasteiger partial charge in [0.05, 0.1) is 12.8 Å². The molecule has 1 rings (SSSR count). The Morgan fingerprint density at radius 3 is 2.70 bits per heavy atom. The number of aliphatic carboxylic acids is 1. The summed E-state index contributed by atoms with van der Waals surface area (Å²) in [4.78, 5) is 34.3. The number of nitrogens with zero attached hydrogens (tertiary/aromatic N) is 2. The van der Waals surface area contributed by atoms with Crippen molar-refractivity contribution in [2.24, 2.45) is 0 Å². The highest BCUT2D eigenvalue weighted by Crippen LogP contribution is 2.12. The molecule has 1 unspecified atom stereocenters. The number of aromatic nitrogens is 2. The molecule has 1 amide bonds. The summed E-state index contributed by atoms with van der Waals surface area (Å²) in [5.74, 6) is -2.29. The van der Waals surface area contributed by atoms with Crippen molar-refractivity contribution in [2.75, 3.05) is 7.11 Å². The van der Waals surface area contributed by atoms with Crippen LogP contribution in [0.3, 0.4) is 0 Å². The van der Waals surface area contributed by atoms with Gasteiger partial charge >= 0.3 is 11.9 Å². The molecule has 1 aromatic rings. The molecular weight excluding hydrogens is 286 g/mol. The lowest BCUT2D eigenvalue weighted by Crippen LogP contribution is -2.41. The van der Waals surface area contributed by atoms with E-state index in [0.717, 1.165) is 11.5 Å². The molecule has 2 N–H and O–H groups in total. The molecule has 0 radical (unpaired) electrons. The van der Waals surface area contributed by atoms with Crippen LogP contribution in [-0.2, 0) is 20.7 Å². The number of carbonyl (C=O) groups excluding carboxylic acids is 2. The third-order valence-electron chi connectivity index (χ3n) is 2.57. The first-order valence-electron chi connectivity index (χ1n) is 5.91. The molecule has 0 fully saturated rings. The third-order valence-corrected chi connectivity index (χ3v) is 3.33. The van der Waals surface area contributed by atoms with Crippen LogP contribution in [0.15, 0.2) is 0 Å². The Bertz CT molecular complexity index is 502. The van der Waals surface area contributed by atoms with E-state index in [2.05, 4.69) is 19.6 Å². The van der Waals surface area contributed by atoms with Crippen molar-refractivity contribution in [3.63, 3.8) is 0 Å². The minimum Gasteiger partial charge on any atom is -0.480 e. The van der Waals surface area contributed by atoms with Crippen molar-refractivity contribution in [1.82, 2.24) is 14.9 Å². The second-order valence-electron chi connectivity index (χ2n) is 3.88. The fraction of sp³-hybridized carbons (Fsp3) is 0.545. The lowest BCUT2D eigenvalue weighted by Gasteiger charge is -2.13. The van der Waals surface area contributed by atoms with E-state index in [1.54, 1.807) is 0 Å². The van der Waals surface area contributed by atoms with E-state index in [1.807, 2.05) is 6.92 Å². The Labute approximate surface area is 119 Å². The number of rotatable bonds is 7. The molecule has 0 spiro atoms. The van der Waals surface area contributed by atoms with Crippen molar-refractivity contribution in [3.05, 3.63) is 10.6 Å². The molecule has 1 atom stereocenters. The van der Waals surface area contributed by atoms with E-state index in [4.69, 9.17) is 5.11 Å². The lowest BCUT2D eigenvalue weighted by molar-refractivity contribution is -0.142. The Kier molecular flexibility index (Phi) is 6.04. The number of nitrogens with one attached hydrogen (secondary N) is 1. The van der Waals surface area contributed by atoms with Crippen LogP contribution in [0, 0.1) is 0 Å². The van der Waals surface area contributed by atoms with Gasteiger partial charge in [-0.1, -0.05) is 11.4 Å². The molecule has 0 aliphatic rings. The first kappa shape index (κ1) is 16.0. The van der Waals surface area contributed by atoms with E-state index in [0.29, 0.717) is 12.1 Å². The first-order chi connectivity index (χ1) is 9.49. The number of amides is 1. The van der Waals surface area contributed by atoms with E-state index in [1.165, 1.54) is 7.11 Å². The summed E-state index contributed by atoms with van der Waals surface area (Å²) >= 11 is 0.907. The van der Waals surface area contributed by atoms with Gasteiger partial charge in [0.25, 0.3) is 5.91 Å². The zero-order valence-electron chi connectivity index (χ0n) is 11.1. The average molecular weight is 301 g/mol. The Hall–Kier alpha value is -2.03. The highest BCUT2D eigenvalue weighted by atomic mass is 32.1. The molecule has 0 saturated carbocycles. The number of carboxylic acid groups (broad SMARTS) is 1. The van der Waals surface area contributed by atoms with Crippen molar-refractivity contribution < 1.29 is 24.2 Å². The summed E-state index contributed by atoms with van der Waals surface area (Å²) in [6, 6.07) is -1.16. The van der Waals surface area contributed by atoms with E-state index in [-0.39, 0.29) is 17.7 Å². The molecule has 9 heteroatoms. The standard InChI is InChI=1S/C11H15N3O5S/c1-3-6-9(20-14-13-6)10(16)12-7(11(17)18)4-5-8(15)19-2/h7H,3-5H2,1-2H3,(H,12,16)(H,17,18). The third kappa shape index (κ3) is 4.26.